The van der Waals surface area contributed by atoms with Crippen molar-refractivity contribution in [2.24, 2.45) is 11.8 Å². The van der Waals surface area contributed by atoms with Crippen molar-refractivity contribution in [3.8, 4) is 0 Å². The van der Waals surface area contributed by atoms with Crippen LogP contribution >= 0.6 is 0 Å². The van der Waals surface area contributed by atoms with Crippen molar-refractivity contribution >= 4 is 12.1 Å². The molecular formula is C17H32N2O4. The maximum Gasteiger partial charge on any atom is 0.410 e. The van der Waals surface area contributed by atoms with Gasteiger partial charge in [0.25, 0.3) is 0 Å². The molecule has 1 N–H and O–H groups in total. The second-order valence-electron chi connectivity index (χ2n) is 7.56. The van der Waals surface area contributed by atoms with Gasteiger partial charge in [-0.2, -0.15) is 0 Å². The molecule has 6 nitrogen and oxygen atoms in total. The zero-order valence-electron chi connectivity index (χ0n) is 15.3. The summed E-state index contributed by atoms with van der Waals surface area (Å²) in [4.78, 5) is 25.5. The molecule has 1 saturated heterocycles. The van der Waals surface area contributed by atoms with Crippen LogP contribution in [-0.2, 0) is 14.3 Å². The molecule has 1 aliphatic rings. The van der Waals surface area contributed by atoms with E-state index < -0.39 is 5.60 Å². The molecule has 0 bridgehead atoms. The normalized spacial score (nSPS) is 18.0. The van der Waals surface area contributed by atoms with Crippen molar-refractivity contribution in [2.75, 3.05) is 26.7 Å². The van der Waals surface area contributed by atoms with E-state index in [9.17, 15) is 9.59 Å². The zero-order valence-corrected chi connectivity index (χ0v) is 15.3. The SMILES string of the molecule is COC(=O)[C@@H](NCC1CCN(C(=O)OC(C)(C)C)CC1)C(C)C. The summed E-state index contributed by atoms with van der Waals surface area (Å²) in [5.41, 5.74) is -0.458. The van der Waals surface area contributed by atoms with Crippen LogP contribution in [0.1, 0.15) is 47.5 Å². The van der Waals surface area contributed by atoms with Crippen molar-refractivity contribution in [2.45, 2.75) is 59.1 Å². The molecule has 23 heavy (non-hydrogen) atoms. The highest BCUT2D eigenvalue weighted by Crippen LogP contribution is 2.19. The Bertz CT molecular complexity index is 396. The van der Waals surface area contributed by atoms with Crippen molar-refractivity contribution in [1.29, 1.82) is 0 Å². The van der Waals surface area contributed by atoms with Crippen LogP contribution in [0.5, 0.6) is 0 Å². The van der Waals surface area contributed by atoms with Crippen molar-refractivity contribution in [3.63, 3.8) is 0 Å². The number of ether oxygens (including phenoxy) is 2. The summed E-state index contributed by atoms with van der Waals surface area (Å²) in [7, 11) is 1.42. The Labute approximate surface area is 139 Å². The van der Waals surface area contributed by atoms with Crippen molar-refractivity contribution in [3.05, 3.63) is 0 Å². The van der Waals surface area contributed by atoms with E-state index in [1.807, 2.05) is 34.6 Å². The number of hydrogen-bond donors (Lipinski definition) is 1. The number of carbonyl (C=O) groups excluding carboxylic acids is 2. The predicted molar refractivity (Wildman–Crippen MR) is 89.2 cm³/mol. The zero-order chi connectivity index (χ0) is 17.6. The molecule has 6 heteroatoms. The predicted octanol–water partition coefficient (Wildman–Crippen LogP) is 2.42. The summed E-state index contributed by atoms with van der Waals surface area (Å²) in [5, 5.41) is 3.31. The van der Waals surface area contributed by atoms with Crippen LogP contribution in [-0.4, -0.2) is 55.3 Å². The van der Waals surface area contributed by atoms with Gasteiger partial charge in [-0.3, -0.25) is 4.79 Å². The molecule has 1 fully saturated rings. The molecule has 1 atom stereocenters. The first-order valence-corrected chi connectivity index (χ1v) is 8.43. The monoisotopic (exact) mass is 328 g/mol. The van der Waals surface area contributed by atoms with Gasteiger partial charge < -0.3 is 19.7 Å². The molecule has 0 saturated carbocycles. The molecule has 0 aliphatic carbocycles. The summed E-state index contributed by atoms with van der Waals surface area (Å²) in [6.45, 7) is 11.8. The summed E-state index contributed by atoms with van der Waals surface area (Å²) in [5.74, 6) is 0.426. The van der Waals surface area contributed by atoms with Gasteiger partial charge in [0.1, 0.15) is 11.6 Å². The van der Waals surface area contributed by atoms with Gasteiger partial charge in [-0.1, -0.05) is 13.8 Å². The Morgan fingerprint density at radius 2 is 1.78 bits per heavy atom. The maximum absolute atomic E-state index is 12.0. The minimum absolute atomic E-state index is 0.185. The smallest absolute Gasteiger partial charge is 0.410 e. The van der Waals surface area contributed by atoms with E-state index in [1.165, 1.54) is 7.11 Å². The number of likely N-dealkylation sites (tertiary alicyclic amines) is 1. The van der Waals surface area contributed by atoms with Gasteiger partial charge in [-0.05, 0) is 52.0 Å². The third-order valence-corrected chi connectivity index (χ3v) is 4.01. The van der Waals surface area contributed by atoms with Gasteiger partial charge in [0.2, 0.25) is 0 Å². The fraction of sp³-hybridized carbons (Fsp3) is 0.882. The van der Waals surface area contributed by atoms with E-state index >= 15 is 0 Å². The lowest BCUT2D eigenvalue weighted by atomic mass is 9.95. The Morgan fingerprint density at radius 3 is 2.22 bits per heavy atom. The van der Waals surface area contributed by atoms with Gasteiger partial charge >= 0.3 is 12.1 Å². The summed E-state index contributed by atoms with van der Waals surface area (Å²) >= 11 is 0. The minimum atomic E-state index is -0.458. The number of methoxy groups -OCH3 is 1. The molecule has 0 aromatic rings. The first kappa shape index (κ1) is 19.7. The Morgan fingerprint density at radius 1 is 1.22 bits per heavy atom. The Hall–Kier alpha value is -1.30. The maximum atomic E-state index is 12.0. The van der Waals surface area contributed by atoms with Gasteiger partial charge in [0.05, 0.1) is 7.11 Å². The van der Waals surface area contributed by atoms with E-state index in [4.69, 9.17) is 9.47 Å². The second-order valence-corrected chi connectivity index (χ2v) is 7.56. The Kier molecular flexibility index (Phi) is 7.32. The fourth-order valence-electron chi connectivity index (χ4n) is 2.66. The van der Waals surface area contributed by atoms with Crippen LogP contribution in [0.4, 0.5) is 4.79 Å². The first-order valence-electron chi connectivity index (χ1n) is 8.43. The molecule has 0 aromatic carbocycles. The molecule has 0 aromatic heterocycles. The number of amides is 1. The van der Waals surface area contributed by atoms with E-state index in [1.54, 1.807) is 4.90 Å². The summed E-state index contributed by atoms with van der Waals surface area (Å²) < 4.78 is 10.2. The molecule has 0 unspecified atom stereocenters. The van der Waals surface area contributed by atoms with Gasteiger partial charge in [-0.15, -0.1) is 0 Å². The minimum Gasteiger partial charge on any atom is -0.468 e. The fourth-order valence-corrected chi connectivity index (χ4v) is 2.66. The topological polar surface area (TPSA) is 67.9 Å². The number of nitrogens with one attached hydrogen (secondary N) is 1. The lowest BCUT2D eigenvalue weighted by molar-refractivity contribution is -0.144. The molecular weight excluding hydrogens is 296 g/mol. The van der Waals surface area contributed by atoms with E-state index in [0.29, 0.717) is 19.0 Å². The van der Waals surface area contributed by atoms with Crippen molar-refractivity contribution < 1.29 is 19.1 Å². The molecule has 1 amide bonds. The van der Waals surface area contributed by atoms with E-state index in [2.05, 4.69) is 5.32 Å². The van der Waals surface area contributed by atoms with Crippen LogP contribution in [0.25, 0.3) is 0 Å². The third kappa shape index (κ3) is 6.77. The van der Waals surface area contributed by atoms with E-state index in [-0.39, 0.29) is 24.0 Å². The third-order valence-electron chi connectivity index (χ3n) is 4.01. The second kappa shape index (κ2) is 8.52. The molecule has 1 aliphatic heterocycles. The van der Waals surface area contributed by atoms with Gasteiger partial charge in [0, 0.05) is 13.1 Å². The van der Waals surface area contributed by atoms with Crippen LogP contribution in [0, 0.1) is 11.8 Å². The van der Waals surface area contributed by atoms with Crippen molar-refractivity contribution in [1.82, 2.24) is 10.2 Å². The van der Waals surface area contributed by atoms with Crippen LogP contribution in [0.3, 0.4) is 0 Å². The summed E-state index contributed by atoms with van der Waals surface area (Å²) in [6.07, 6.45) is 1.59. The number of rotatable bonds is 5. The molecule has 1 rings (SSSR count). The molecule has 1 heterocycles. The van der Waals surface area contributed by atoms with E-state index in [0.717, 1.165) is 19.4 Å². The molecule has 0 radical (unpaired) electrons. The number of esters is 1. The van der Waals surface area contributed by atoms with Gasteiger partial charge in [-0.25, -0.2) is 4.79 Å². The van der Waals surface area contributed by atoms with Crippen LogP contribution in [0.15, 0.2) is 0 Å². The summed E-state index contributed by atoms with van der Waals surface area (Å²) in [6, 6.07) is -0.274. The van der Waals surface area contributed by atoms with Crippen LogP contribution < -0.4 is 5.32 Å². The average molecular weight is 328 g/mol. The lowest BCUT2D eigenvalue weighted by Crippen LogP contribution is -2.47. The average Bonchev–Trinajstić information content (AvgIpc) is 2.45. The number of carbonyl (C=O) groups is 2. The highest BCUT2D eigenvalue weighted by molar-refractivity contribution is 5.75. The highest BCUT2D eigenvalue weighted by atomic mass is 16.6. The quantitative estimate of drug-likeness (QED) is 0.785. The number of hydrogen-bond acceptors (Lipinski definition) is 5. The number of nitrogens with zero attached hydrogens (tertiary/aromatic N) is 1. The van der Waals surface area contributed by atoms with Gasteiger partial charge in [0.15, 0.2) is 0 Å². The number of piperidine rings is 1. The lowest BCUT2D eigenvalue weighted by Gasteiger charge is -2.34. The molecule has 0 spiro atoms. The standard InChI is InChI=1S/C17H32N2O4/c1-12(2)14(15(20)22-6)18-11-13-7-9-19(10-8-13)16(21)23-17(3,4)5/h12-14,18H,7-11H2,1-6H3/t14-/m0/s1. The molecule has 134 valence electrons. The Balaban J connectivity index is 2.39. The largest absolute Gasteiger partial charge is 0.468 e. The first-order chi connectivity index (χ1) is 10.6. The highest BCUT2D eigenvalue weighted by Gasteiger charge is 2.28. The van der Waals surface area contributed by atoms with Crippen LogP contribution in [0.2, 0.25) is 0 Å².